The second kappa shape index (κ2) is 4.44. The van der Waals surface area contributed by atoms with Crippen LogP contribution in [0.3, 0.4) is 0 Å². The lowest BCUT2D eigenvalue weighted by Crippen LogP contribution is -2.17. The summed E-state index contributed by atoms with van der Waals surface area (Å²) in [7, 11) is 0. The molecule has 0 saturated heterocycles. The molecule has 17 heavy (non-hydrogen) atoms. The summed E-state index contributed by atoms with van der Waals surface area (Å²) in [6.07, 6.45) is -5.68. The Bertz CT molecular complexity index is 453. The van der Waals surface area contributed by atoms with Crippen LogP contribution in [0.1, 0.15) is 27.4 Å². The number of nitrogens with two attached hydrogens (primary N) is 1. The van der Waals surface area contributed by atoms with Gasteiger partial charge in [0.1, 0.15) is 5.69 Å². The van der Waals surface area contributed by atoms with E-state index < -0.39 is 36.7 Å². The molecular formula is C8H8F3N3O3. The van der Waals surface area contributed by atoms with E-state index in [1.54, 1.807) is 0 Å². The summed E-state index contributed by atoms with van der Waals surface area (Å²) < 4.78 is 36.5. The van der Waals surface area contributed by atoms with Crippen LogP contribution in [0, 0.1) is 0 Å². The molecule has 94 valence electrons. The highest BCUT2D eigenvalue weighted by Crippen LogP contribution is 2.20. The number of aryl methyl sites for hydroxylation is 1. The first-order valence-electron chi connectivity index (χ1n) is 4.38. The maximum Gasteiger partial charge on any atom is 0.390 e. The van der Waals surface area contributed by atoms with Crippen molar-refractivity contribution in [3.05, 3.63) is 17.5 Å². The highest BCUT2D eigenvalue weighted by molar-refractivity contribution is 5.94. The van der Waals surface area contributed by atoms with E-state index in [4.69, 9.17) is 10.8 Å². The van der Waals surface area contributed by atoms with Crippen molar-refractivity contribution in [1.29, 1.82) is 0 Å². The number of aromatic nitrogens is 2. The number of carbonyl (C=O) groups excluding carboxylic acids is 1. The van der Waals surface area contributed by atoms with Crippen LogP contribution >= 0.6 is 0 Å². The zero-order valence-corrected chi connectivity index (χ0v) is 8.36. The molecule has 1 aromatic heterocycles. The van der Waals surface area contributed by atoms with E-state index in [0.717, 1.165) is 6.07 Å². The molecule has 0 aliphatic rings. The molecule has 0 spiro atoms. The number of amides is 1. The number of aromatic carboxylic acids is 1. The number of carboxylic acid groups (broad SMARTS) is 1. The van der Waals surface area contributed by atoms with E-state index in [0.29, 0.717) is 4.68 Å². The molecule has 0 radical (unpaired) electrons. The van der Waals surface area contributed by atoms with Gasteiger partial charge in [-0.05, 0) is 0 Å². The molecule has 1 amide bonds. The average molecular weight is 251 g/mol. The van der Waals surface area contributed by atoms with Crippen LogP contribution in [0.5, 0.6) is 0 Å². The zero-order chi connectivity index (χ0) is 13.2. The fraction of sp³-hybridized carbons (Fsp3) is 0.375. The van der Waals surface area contributed by atoms with Crippen molar-refractivity contribution in [3.8, 4) is 0 Å². The van der Waals surface area contributed by atoms with Crippen molar-refractivity contribution in [1.82, 2.24) is 9.78 Å². The Morgan fingerprint density at radius 2 is 2.06 bits per heavy atom. The number of hydrogen-bond donors (Lipinski definition) is 2. The summed E-state index contributed by atoms with van der Waals surface area (Å²) in [5, 5.41) is 12.1. The largest absolute Gasteiger partial charge is 0.477 e. The van der Waals surface area contributed by atoms with Gasteiger partial charge < -0.3 is 10.8 Å². The maximum absolute atomic E-state index is 12.0. The van der Waals surface area contributed by atoms with Gasteiger partial charge >= 0.3 is 12.1 Å². The third-order valence-corrected chi connectivity index (χ3v) is 1.86. The van der Waals surface area contributed by atoms with E-state index in [2.05, 4.69) is 5.10 Å². The van der Waals surface area contributed by atoms with E-state index >= 15 is 0 Å². The van der Waals surface area contributed by atoms with Gasteiger partial charge in [0, 0.05) is 6.07 Å². The third-order valence-electron chi connectivity index (χ3n) is 1.86. The van der Waals surface area contributed by atoms with Gasteiger partial charge in [0.05, 0.1) is 13.0 Å². The van der Waals surface area contributed by atoms with Crippen molar-refractivity contribution >= 4 is 11.9 Å². The Hall–Kier alpha value is -2.06. The van der Waals surface area contributed by atoms with Crippen molar-refractivity contribution in [3.63, 3.8) is 0 Å². The molecule has 0 aliphatic heterocycles. The number of carboxylic acids is 1. The monoisotopic (exact) mass is 251 g/mol. The maximum atomic E-state index is 12.0. The van der Waals surface area contributed by atoms with Crippen molar-refractivity contribution in [2.45, 2.75) is 19.1 Å². The highest BCUT2D eigenvalue weighted by Gasteiger charge is 2.28. The van der Waals surface area contributed by atoms with Gasteiger partial charge in [0.15, 0.2) is 5.69 Å². The lowest BCUT2D eigenvalue weighted by molar-refractivity contribution is -0.137. The number of carbonyl (C=O) groups is 2. The molecule has 0 fully saturated rings. The Kier molecular flexibility index (Phi) is 3.39. The Balaban J connectivity index is 2.97. The van der Waals surface area contributed by atoms with Gasteiger partial charge in [0.25, 0.3) is 5.91 Å². The Morgan fingerprint density at radius 3 is 2.47 bits per heavy atom. The molecule has 0 unspecified atom stereocenters. The van der Waals surface area contributed by atoms with E-state index in [-0.39, 0.29) is 5.69 Å². The van der Waals surface area contributed by atoms with Gasteiger partial charge in [-0.1, -0.05) is 0 Å². The van der Waals surface area contributed by atoms with Crippen LogP contribution in [0.15, 0.2) is 6.07 Å². The molecule has 0 saturated carbocycles. The fourth-order valence-corrected chi connectivity index (χ4v) is 1.11. The summed E-state index contributed by atoms with van der Waals surface area (Å²) in [5.74, 6) is -2.48. The van der Waals surface area contributed by atoms with Crippen molar-refractivity contribution in [2.24, 2.45) is 5.73 Å². The van der Waals surface area contributed by atoms with E-state index in [1.165, 1.54) is 0 Å². The Morgan fingerprint density at radius 1 is 1.47 bits per heavy atom. The molecule has 0 aliphatic carbocycles. The standard InChI is InChI=1S/C8H8F3N3O3/c9-8(10,11)1-2-14-5(7(16)17)3-4(13-14)6(12)15/h3H,1-2H2,(H2,12,15)(H,16,17). The first-order valence-corrected chi connectivity index (χ1v) is 4.38. The van der Waals surface area contributed by atoms with E-state index in [1.807, 2.05) is 0 Å². The fourth-order valence-electron chi connectivity index (χ4n) is 1.11. The number of primary amides is 1. The molecule has 0 aromatic carbocycles. The topological polar surface area (TPSA) is 98.2 Å². The molecule has 3 N–H and O–H groups in total. The molecule has 0 atom stereocenters. The predicted molar refractivity (Wildman–Crippen MR) is 48.4 cm³/mol. The molecule has 1 aromatic rings. The summed E-state index contributed by atoms with van der Waals surface area (Å²) in [5.41, 5.74) is 3.95. The van der Waals surface area contributed by atoms with Crippen LogP contribution in [0.2, 0.25) is 0 Å². The number of alkyl halides is 3. The third kappa shape index (κ3) is 3.47. The van der Waals surface area contributed by atoms with Crippen molar-refractivity contribution in [2.75, 3.05) is 0 Å². The SMILES string of the molecule is NC(=O)c1cc(C(=O)O)n(CCC(F)(F)F)n1. The minimum atomic E-state index is -4.44. The van der Waals surface area contributed by atoms with Gasteiger partial charge in [0.2, 0.25) is 0 Å². The predicted octanol–water partition coefficient (Wildman–Crippen LogP) is 0.633. The number of nitrogens with zero attached hydrogens (tertiary/aromatic N) is 2. The normalized spacial score (nSPS) is 11.5. The first-order chi connectivity index (χ1) is 7.70. The zero-order valence-electron chi connectivity index (χ0n) is 8.36. The second-order valence-electron chi connectivity index (χ2n) is 3.17. The second-order valence-corrected chi connectivity index (χ2v) is 3.17. The molecule has 1 heterocycles. The first kappa shape index (κ1) is 13.0. The highest BCUT2D eigenvalue weighted by atomic mass is 19.4. The summed E-state index contributed by atoms with van der Waals surface area (Å²) in [6, 6.07) is 0.834. The summed E-state index contributed by atoms with van der Waals surface area (Å²) in [4.78, 5) is 21.4. The Labute approximate surface area is 92.8 Å². The number of rotatable bonds is 4. The molecule has 9 heteroatoms. The number of halogens is 3. The number of hydrogen-bond acceptors (Lipinski definition) is 3. The minimum absolute atomic E-state index is 0.385. The van der Waals surface area contributed by atoms with Gasteiger partial charge in [-0.15, -0.1) is 0 Å². The van der Waals surface area contributed by atoms with Crippen LogP contribution in [0.4, 0.5) is 13.2 Å². The lowest BCUT2D eigenvalue weighted by Gasteiger charge is -2.07. The van der Waals surface area contributed by atoms with Gasteiger partial charge in [-0.2, -0.15) is 18.3 Å². The van der Waals surface area contributed by atoms with Gasteiger partial charge in [-0.3, -0.25) is 9.48 Å². The van der Waals surface area contributed by atoms with Gasteiger partial charge in [-0.25, -0.2) is 4.79 Å². The smallest absolute Gasteiger partial charge is 0.390 e. The van der Waals surface area contributed by atoms with Crippen molar-refractivity contribution < 1.29 is 27.9 Å². The quantitative estimate of drug-likeness (QED) is 0.819. The lowest BCUT2D eigenvalue weighted by atomic mass is 10.3. The molecule has 0 bridgehead atoms. The van der Waals surface area contributed by atoms with E-state index in [9.17, 15) is 22.8 Å². The molecule has 6 nitrogen and oxygen atoms in total. The molecule has 1 rings (SSSR count). The van der Waals surface area contributed by atoms with Crippen LogP contribution in [-0.4, -0.2) is 32.9 Å². The average Bonchev–Trinajstić information content (AvgIpc) is 2.57. The summed E-state index contributed by atoms with van der Waals surface area (Å²) >= 11 is 0. The summed E-state index contributed by atoms with van der Waals surface area (Å²) in [6.45, 7) is -0.682. The van der Waals surface area contributed by atoms with Crippen LogP contribution in [-0.2, 0) is 6.54 Å². The molecular weight excluding hydrogens is 243 g/mol. The van der Waals surface area contributed by atoms with Crippen LogP contribution < -0.4 is 5.73 Å². The van der Waals surface area contributed by atoms with Crippen LogP contribution in [0.25, 0.3) is 0 Å². The minimum Gasteiger partial charge on any atom is -0.477 e.